The van der Waals surface area contributed by atoms with Crippen molar-refractivity contribution >= 4 is 11.6 Å². The summed E-state index contributed by atoms with van der Waals surface area (Å²) in [6.07, 6.45) is 1.26. The van der Waals surface area contributed by atoms with Crippen molar-refractivity contribution in [3.8, 4) is 6.07 Å². The maximum atomic E-state index is 12.2. The summed E-state index contributed by atoms with van der Waals surface area (Å²) in [6, 6.07) is 9.67. The van der Waals surface area contributed by atoms with Gasteiger partial charge in [0, 0.05) is 24.3 Å². The van der Waals surface area contributed by atoms with E-state index in [0.29, 0.717) is 6.42 Å². The van der Waals surface area contributed by atoms with E-state index >= 15 is 0 Å². The summed E-state index contributed by atoms with van der Waals surface area (Å²) in [4.78, 5) is 13.9. The van der Waals surface area contributed by atoms with Gasteiger partial charge in [-0.25, -0.2) is 0 Å². The summed E-state index contributed by atoms with van der Waals surface area (Å²) < 4.78 is 0. The van der Waals surface area contributed by atoms with Crippen LogP contribution in [0.5, 0.6) is 0 Å². The molecule has 0 saturated heterocycles. The molecule has 0 radical (unpaired) electrons. The minimum atomic E-state index is -0.315. The van der Waals surface area contributed by atoms with Crippen LogP contribution in [-0.4, -0.2) is 19.0 Å². The molecule has 4 heteroatoms. The van der Waals surface area contributed by atoms with Crippen LogP contribution < -0.4 is 10.2 Å². The number of nitrogens with one attached hydrogen (secondary N) is 1. The standard InChI is InChI=1S/C14H17N3O/c1-3-10(8-9-15)16-13-11-6-4-5-7-12(11)17(2)14(13)18/h4-7,10,13,16H,3,8H2,1-2H3. The SMILES string of the molecule is CCC(CC#N)NC1C(=O)N(C)c2ccccc21. The average Bonchev–Trinajstić information content (AvgIpc) is 2.64. The maximum Gasteiger partial charge on any atom is 0.248 e. The Balaban J connectivity index is 2.24. The fourth-order valence-corrected chi connectivity index (χ4v) is 2.31. The molecule has 2 atom stereocenters. The lowest BCUT2D eigenvalue weighted by Gasteiger charge is -2.19. The molecule has 1 amide bonds. The van der Waals surface area contributed by atoms with Crippen molar-refractivity contribution in [2.75, 3.05) is 11.9 Å². The zero-order valence-corrected chi connectivity index (χ0v) is 10.7. The maximum absolute atomic E-state index is 12.2. The van der Waals surface area contributed by atoms with E-state index in [2.05, 4.69) is 11.4 Å². The van der Waals surface area contributed by atoms with Crippen molar-refractivity contribution in [1.29, 1.82) is 5.26 Å². The number of para-hydroxylation sites is 1. The number of nitrogens with zero attached hydrogens (tertiary/aromatic N) is 2. The number of likely N-dealkylation sites (N-methyl/N-ethyl adjacent to an activating group) is 1. The predicted octanol–water partition coefficient (Wildman–Crippen LogP) is 1.99. The van der Waals surface area contributed by atoms with E-state index in [9.17, 15) is 4.79 Å². The van der Waals surface area contributed by atoms with Crippen molar-refractivity contribution in [2.45, 2.75) is 31.8 Å². The van der Waals surface area contributed by atoms with Crippen LogP contribution in [0.2, 0.25) is 0 Å². The van der Waals surface area contributed by atoms with Crippen molar-refractivity contribution in [3.05, 3.63) is 29.8 Å². The van der Waals surface area contributed by atoms with Gasteiger partial charge in [0.2, 0.25) is 5.91 Å². The number of anilines is 1. The van der Waals surface area contributed by atoms with Gasteiger partial charge < -0.3 is 4.90 Å². The predicted molar refractivity (Wildman–Crippen MR) is 70.0 cm³/mol. The summed E-state index contributed by atoms with van der Waals surface area (Å²) in [5.74, 6) is 0.0487. The lowest BCUT2D eigenvalue weighted by Crippen LogP contribution is -2.38. The van der Waals surface area contributed by atoms with Crippen molar-refractivity contribution < 1.29 is 4.79 Å². The molecule has 0 fully saturated rings. The number of nitriles is 1. The number of carbonyl (C=O) groups is 1. The molecule has 0 saturated carbocycles. The molecule has 94 valence electrons. The van der Waals surface area contributed by atoms with Gasteiger partial charge >= 0.3 is 0 Å². The molecule has 1 N–H and O–H groups in total. The largest absolute Gasteiger partial charge is 0.313 e. The van der Waals surface area contributed by atoms with Gasteiger partial charge in [0.25, 0.3) is 0 Å². The smallest absolute Gasteiger partial charge is 0.248 e. The molecule has 1 aliphatic heterocycles. The van der Waals surface area contributed by atoms with Crippen molar-refractivity contribution in [2.24, 2.45) is 0 Å². The van der Waals surface area contributed by atoms with Crippen LogP contribution in [-0.2, 0) is 4.79 Å². The number of carbonyl (C=O) groups excluding carboxylic acids is 1. The summed E-state index contributed by atoms with van der Waals surface area (Å²) in [7, 11) is 1.79. The number of fused-ring (bicyclic) bond motifs is 1. The fourth-order valence-electron chi connectivity index (χ4n) is 2.31. The molecule has 0 bridgehead atoms. The Bertz CT molecular complexity index is 492. The Morgan fingerprint density at radius 2 is 2.22 bits per heavy atom. The minimum absolute atomic E-state index is 0.0487. The molecule has 0 spiro atoms. The fraction of sp³-hybridized carbons (Fsp3) is 0.429. The Hall–Kier alpha value is -1.86. The molecule has 1 heterocycles. The third kappa shape index (κ3) is 2.09. The Kier molecular flexibility index (Phi) is 3.63. The molecular weight excluding hydrogens is 226 g/mol. The molecular formula is C14H17N3O. The molecule has 0 aliphatic carbocycles. The minimum Gasteiger partial charge on any atom is -0.313 e. The quantitative estimate of drug-likeness (QED) is 0.879. The van der Waals surface area contributed by atoms with E-state index in [1.165, 1.54) is 0 Å². The van der Waals surface area contributed by atoms with E-state index in [-0.39, 0.29) is 18.0 Å². The highest BCUT2D eigenvalue weighted by molar-refractivity contribution is 6.04. The van der Waals surface area contributed by atoms with Crippen LogP contribution in [0.15, 0.2) is 24.3 Å². The second-order valence-corrected chi connectivity index (χ2v) is 4.52. The van der Waals surface area contributed by atoms with Gasteiger partial charge in [-0.1, -0.05) is 25.1 Å². The van der Waals surface area contributed by atoms with Gasteiger partial charge in [-0.15, -0.1) is 0 Å². The summed E-state index contributed by atoms with van der Waals surface area (Å²) in [6.45, 7) is 2.02. The van der Waals surface area contributed by atoms with Crippen LogP contribution in [0.4, 0.5) is 5.69 Å². The van der Waals surface area contributed by atoms with Gasteiger partial charge in [-0.05, 0) is 12.5 Å². The lowest BCUT2D eigenvalue weighted by molar-refractivity contribution is -0.119. The van der Waals surface area contributed by atoms with Crippen molar-refractivity contribution in [1.82, 2.24) is 5.32 Å². The molecule has 2 unspecified atom stereocenters. The number of hydrogen-bond acceptors (Lipinski definition) is 3. The van der Waals surface area contributed by atoms with E-state index in [1.54, 1.807) is 11.9 Å². The summed E-state index contributed by atoms with van der Waals surface area (Å²) >= 11 is 0. The molecule has 1 aromatic rings. The molecule has 1 aromatic carbocycles. The Morgan fingerprint density at radius 1 is 1.50 bits per heavy atom. The first-order valence-corrected chi connectivity index (χ1v) is 6.18. The van der Waals surface area contributed by atoms with Crippen LogP contribution in [0.25, 0.3) is 0 Å². The summed E-state index contributed by atoms with van der Waals surface area (Å²) in [5.41, 5.74) is 1.95. The molecule has 4 nitrogen and oxygen atoms in total. The zero-order valence-electron chi connectivity index (χ0n) is 10.7. The van der Waals surface area contributed by atoms with E-state index in [1.807, 2.05) is 31.2 Å². The van der Waals surface area contributed by atoms with Gasteiger partial charge in [0.15, 0.2) is 0 Å². The van der Waals surface area contributed by atoms with Crippen molar-refractivity contribution in [3.63, 3.8) is 0 Å². The zero-order chi connectivity index (χ0) is 13.1. The monoisotopic (exact) mass is 243 g/mol. The van der Waals surface area contributed by atoms with Gasteiger partial charge in [0.1, 0.15) is 6.04 Å². The van der Waals surface area contributed by atoms with Gasteiger partial charge in [-0.3, -0.25) is 10.1 Å². The first-order chi connectivity index (χ1) is 8.69. The van der Waals surface area contributed by atoms with Gasteiger partial charge in [-0.2, -0.15) is 5.26 Å². The number of hydrogen-bond donors (Lipinski definition) is 1. The lowest BCUT2D eigenvalue weighted by atomic mass is 10.1. The highest BCUT2D eigenvalue weighted by atomic mass is 16.2. The second-order valence-electron chi connectivity index (χ2n) is 4.52. The number of benzene rings is 1. The molecule has 18 heavy (non-hydrogen) atoms. The van der Waals surface area contributed by atoms with Crippen LogP contribution in [0.3, 0.4) is 0 Å². The highest BCUT2D eigenvalue weighted by Gasteiger charge is 2.35. The first kappa shape index (κ1) is 12.6. The Labute approximate surface area is 107 Å². The van der Waals surface area contributed by atoms with E-state index < -0.39 is 0 Å². The normalized spacial score (nSPS) is 19.5. The number of rotatable bonds is 4. The topological polar surface area (TPSA) is 56.1 Å². The molecule has 1 aliphatic rings. The van der Waals surface area contributed by atoms with Gasteiger partial charge in [0.05, 0.1) is 12.5 Å². The highest BCUT2D eigenvalue weighted by Crippen LogP contribution is 2.34. The van der Waals surface area contributed by atoms with Crippen LogP contribution in [0, 0.1) is 11.3 Å². The van der Waals surface area contributed by atoms with E-state index in [0.717, 1.165) is 17.7 Å². The first-order valence-electron chi connectivity index (χ1n) is 6.18. The third-order valence-corrected chi connectivity index (χ3v) is 3.42. The third-order valence-electron chi connectivity index (χ3n) is 3.42. The van der Waals surface area contributed by atoms with Crippen LogP contribution in [0.1, 0.15) is 31.4 Å². The number of amides is 1. The average molecular weight is 243 g/mol. The van der Waals surface area contributed by atoms with E-state index in [4.69, 9.17) is 5.26 Å². The second kappa shape index (κ2) is 5.19. The molecule has 0 aromatic heterocycles. The van der Waals surface area contributed by atoms with Crippen LogP contribution >= 0.6 is 0 Å². The Morgan fingerprint density at radius 3 is 2.89 bits per heavy atom. The molecule has 2 rings (SSSR count). The summed E-state index contributed by atoms with van der Waals surface area (Å²) in [5, 5.41) is 12.1.